The molecule has 32 heavy (non-hydrogen) atoms. The highest BCUT2D eigenvalue weighted by Crippen LogP contribution is 2.26. The number of pyridine rings is 1. The van der Waals surface area contributed by atoms with Gasteiger partial charge in [-0.1, -0.05) is 29.8 Å². The topological polar surface area (TPSA) is 112 Å². The normalized spacial score (nSPS) is 12.1. The summed E-state index contributed by atoms with van der Waals surface area (Å²) in [5, 5.41) is 3.28. The molecule has 3 aromatic rings. The van der Waals surface area contributed by atoms with Crippen molar-refractivity contribution in [2.24, 2.45) is 14.1 Å². The molecule has 0 saturated heterocycles. The molecule has 0 aliphatic rings. The first kappa shape index (κ1) is 23.2. The Morgan fingerprint density at radius 2 is 1.84 bits per heavy atom. The van der Waals surface area contributed by atoms with Gasteiger partial charge in [0.1, 0.15) is 5.65 Å². The van der Waals surface area contributed by atoms with Crippen LogP contribution in [-0.4, -0.2) is 32.1 Å². The van der Waals surface area contributed by atoms with Crippen LogP contribution in [-0.2, 0) is 23.6 Å². The summed E-state index contributed by atoms with van der Waals surface area (Å²) in [7, 11) is 2.84. The highest BCUT2D eigenvalue weighted by molar-refractivity contribution is 6.31. The van der Waals surface area contributed by atoms with Gasteiger partial charge in [0.2, 0.25) is 0 Å². The van der Waals surface area contributed by atoms with Gasteiger partial charge in [0, 0.05) is 25.3 Å². The summed E-state index contributed by atoms with van der Waals surface area (Å²) in [4.78, 5) is 54.0. The SMILES string of the molecule is CC(C)OC(=O)C[C@@H](NC(=O)c1cnc2c(c1)c(=O)n(C)c(=O)n2C)c1ccccc1Cl. The van der Waals surface area contributed by atoms with Crippen LogP contribution in [0.1, 0.15) is 42.2 Å². The summed E-state index contributed by atoms with van der Waals surface area (Å²) in [5.74, 6) is -1.05. The number of hydrogen-bond acceptors (Lipinski definition) is 6. The number of nitrogens with zero attached hydrogens (tertiary/aromatic N) is 3. The van der Waals surface area contributed by atoms with Crippen molar-refractivity contribution in [2.75, 3.05) is 0 Å². The lowest BCUT2D eigenvalue weighted by molar-refractivity contribution is -0.147. The molecule has 168 valence electrons. The number of carbonyl (C=O) groups excluding carboxylic acids is 2. The summed E-state index contributed by atoms with van der Waals surface area (Å²) in [6, 6.07) is 7.46. The van der Waals surface area contributed by atoms with E-state index in [-0.39, 0.29) is 29.1 Å². The number of nitrogens with one attached hydrogen (secondary N) is 1. The average molecular weight is 459 g/mol. The minimum absolute atomic E-state index is 0.0996. The number of fused-ring (bicyclic) bond motifs is 1. The smallest absolute Gasteiger partial charge is 0.332 e. The maximum atomic E-state index is 13.0. The van der Waals surface area contributed by atoms with Gasteiger partial charge in [0.25, 0.3) is 11.5 Å². The first-order chi connectivity index (χ1) is 15.1. The molecule has 0 unspecified atom stereocenters. The predicted molar refractivity (Wildman–Crippen MR) is 120 cm³/mol. The largest absolute Gasteiger partial charge is 0.463 e. The fraction of sp³-hybridized carbons (Fsp3) is 0.318. The molecular weight excluding hydrogens is 436 g/mol. The molecule has 3 rings (SSSR count). The number of carbonyl (C=O) groups is 2. The van der Waals surface area contributed by atoms with Gasteiger partial charge in [0.05, 0.1) is 29.5 Å². The Bertz CT molecular complexity index is 1310. The Morgan fingerprint density at radius 3 is 2.50 bits per heavy atom. The molecule has 2 aromatic heterocycles. The van der Waals surface area contributed by atoms with Gasteiger partial charge in [0.15, 0.2) is 0 Å². The zero-order valence-corrected chi connectivity index (χ0v) is 18.8. The summed E-state index contributed by atoms with van der Waals surface area (Å²) in [6.07, 6.45) is 0.829. The second-order valence-corrected chi connectivity index (χ2v) is 8.00. The third-order valence-corrected chi connectivity index (χ3v) is 5.22. The molecule has 0 bridgehead atoms. The molecule has 10 heteroatoms. The van der Waals surface area contributed by atoms with E-state index >= 15 is 0 Å². The van der Waals surface area contributed by atoms with Crippen molar-refractivity contribution < 1.29 is 14.3 Å². The van der Waals surface area contributed by atoms with E-state index in [2.05, 4.69) is 10.3 Å². The minimum Gasteiger partial charge on any atom is -0.463 e. The zero-order chi connectivity index (χ0) is 23.6. The van der Waals surface area contributed by atoms with E-state index in [0.29, 0.717) is 10.6 Å². The molecular formula is C22H23ClN4O5. The second-order valence-electron chi connectivity index (χ2n) is 7.59. The molecule has 0 aliphatic heterocycles. The molecule has 1 amide bonds. The Balaban J connectivity index is 1.98. The number of halogens is 1. The minimum atomic E-state index is -0.763. The van der Waals surface area contributed by atoms with Crippen molar-refractivity contribution in [3.63, 3.8) is 0 Å². The fourth-order valence-corrected chi connectivity index (χ4v) is 3.57. The molecule has 1 atom stereocenters. The Labute approximate surface area is 188 Å². The predicted octanol–water partition coefficient (Wildman–Crippen LogP) is 2.10. The molecule has 0 aliphatic carbocycles. The van der Waals surface area contributed by atoms with E-state index < -0.39 is 29.2 Å². The number of hydrogen-bond donors (Lipinski definition) is 1. The maximum Gasteiger partial charge on any atom is 0.332 e. The van der Waals surface area contributed by atoms with Gasteiger partial charge in [-0.05, 0) is 31.5 Å². The quantitative estimate of drug-likeness (QED) is 0.566. The van der Waals surface area contributed by atoms with Crippen LogP contribution in [0.2, 0.25) is 5.02 Å². The van der Waals surface area contributed by atoms with Crippen LogP contribution < -0.4 is 16.6 Å². The summed E-state index contributed by atoms with van der Waals surface area (Å²) in [5.41, 5.74) is -0.265. The van der Waals surface area contributed by atoms with Gasteiger partial charge in [-0.3, -0.25) is 23.5 Å². The van der Waals surface area contributed by atoms with Gasteiger partial charge in [-0.15, -0.1) is 0 Å². The van der Waals surface area contributed by atoms with Crippen molar-refractivity contribution in [3.8, 4) is 0 Å². The first-order valence-corrected chi connectivity index (χ1v) is 10.3. The number of ether oxygens (including phenoxy) is 1. The van der Waals surface area contributed by atoms with Crippen LogP contribution in [0.5, 0.6) is 0 Å². The van der Waals surface area contributed by atoms with Crippen LogP contribution >= 0.6 is 11.6 Å². The van der Waals surface area contributed by atoms with Gasteiger partial charge in [-0.2, -0.15) is 0 Å². The number of esters is 1. The summed E-state index contributed by atoms with van der Waals surface area (Å²) < 4.78 is 7.39. The van der Waals surface area contributed by atoms with Crippen LogP contribution in [0.15, 0.2) is 46.1 Å². The molecule has 1 aromatic carbocycles. The number of aryl methyl sites for hydroxylation is 1. The van der Waals surface area contributed by atoms with Crippen molar-refractivity contribution in [3.05, 3.63) is 73.5 Å². The van der Waals surface area contributed by atoms with Crippen molar-refractivity contribution in [1.82, 2.24) is 19.4 Å². The maximum absolute atomic E-state index is 13.0. The lowest BCUT2D eigenvalue weighted by Gasteiger charge is -2.20. The zero-order valence-electron chi connectivity index (χ0n) is 18.1. The monoisotopic (exact) mass is 458 g/mol. The third kappa shape index (κ3) is 4.72. The van der Waals surface area contributed by atoms with Crippen LogP contribution in [0.25, 0.3) is 11.0 Å². The van der Waals surface area contributed by atoms with Crippen molar-refractivity contribution >= 4 is 34.5 Å². The highest BCUT2D eigenvalue weighted by Gasteiger charge is 2.23. The van der Waals surface area contributed by atoms with E-state index in [1.165, 1.54) is 30.9 Å². The molecule has 0 spiro atoms. The van der Waals surface area contributed by atoms with Gasteiger partial charge >= 0.3 is 11.7 Å². The standard InChI is InChI=1S/C22H23ClN4O5/c1-12(2)32-18(28)10-17(14-7-5-6-8-16(14)23)25-20(29)13-9-15-19(24-11-13)26(3)22(31)27(4)21(15)30/h5-9,11-12,17H,10H2,1-4H3,(H,25,29)/t17-/m1/s1. The van der Waals surface area contributed by atoms with E-state index in [4.69, 9.17) is 16.3 Å². The summed E-state index contributed by atoms with van der Waals surface area (Å²) >= 11 is 6.29. The van der Waals surface area contributed by atoms with Crippen molar-refractivity contribution in [2.45, 2.75) is 32.4 Å². The number of benzene rings is 1. The lowest BCUT2D eigenvalue weighted by Crippen LogP contribution is -2.37. The van der Waals surface area contributed by atoms with Crippen LogP contribution in [0.4, 0.5) is 0 Å². The van der Waals surface area contributed by atoms with Gasteiger partial charge in [-0.25, -0.2) is 9.78 Å². The first-order valence-electron chi connectivity index (χ1n) is 9.90. The third-order valence-electron chi connectivity index (χ3n) is 4.88. The molecule has 1 N–H and O–H groups in total. The molecule has 2 heterocycles. The van der Waals surface area contributed by atoms with E-state index in [0.717, 1.165) is 4.57 Å². The highest BCUT2D eigenvalue weighted by atomic mass is 35.5. The Hall–Kier alpha value is -3.46. The number of aromatic nitrogens is 3. The fourth-order valence-electron chi connectivity index (χ4n) is 3.31. The van der Waals surface area contributed by atoms with Gasteiger partial charge < -0.3 is 10.1 Å². The molecule has 0 radical (unpaired) electrons. The second kappa shape index (κ2) is 9.35. The summed E-state index contributed by atoms with van der Waals surface area (Å²) in [6.45, 7) is 3.46. The van der Waals surface area contributed by atoms with Crippen LogP contribution in [0.3, 0.4) is 0 Å². The Kier molecular flexibility index (Phi) is 6.78. The number of rotatable bonds is 6. The van der Waals surface area contributed by atoms with E-state index in [1.54, 1.807) is 38.1 Å². The molecule has 0 saturated carbocycles. The average Bonchev–Trinajstić information content (AvgIpc) is 2.75. The van der Waals surface area contributed by atoms with Crippen LogP contribution in [0, 0.1) is 0 Å². The van der Waals surface area contributed by atoms with Crippen molar-refractivity contribution in [1.29, 1.82) is 0 Å². The van der Waals surface area contributed by atoms with E-state index in [9.17, 15) is 19.2 Å². The molecule has 9 nitrogen and oxygen atoms in total. The molecule has 0 fully saturated rings. The lowest BCUT2D eigenvalue weighted by atomic mass is 10.0. The van der Waals surface area contributed by atoms with E-state index in [1.807, 2.05) is 0 Å². The number of amides is 1. The Morgan fingerprint density at radius 1 is 1.16 bits per heavy atom.